The van der Waals surface area contributed by atoms with Crippen LogP contribution in [0, 0.1) is 0 Å². The van der Waals surface area contributed by atoms with Gasteiger partial charge in [0.1, 0.15) is 0 Å². The summed E-state index contributed by atoms with van der Waals surface area (Å²) >= 11 is 0. The van der Waals surface area contributed by atoms with Crippen molar-refractivity contribution >= 4 is 11.6 Å². The molecule has 0 saturated carbocycles. The molecule has 2 aromatic rings. The van der Waals surface area contributed by atoms with Gasteiger partial charge in [0.05, 0.1) is 6.61 Å². The van der Waals surface area contributed by atoms with Crippen LogP contribution in [0.4, 0.5) is 5.69 Å². The van der Waals surface area contributed by atoms with E-state index in [9.17, 15) is 4.79 Å². The zero-order chi connectivity index (χ0) is 16.9. The van der Waals surface area contributed by atoms with Gasteiger partial charge in [0.25, 0.3) is 5.91 Å². The first-order valence-electron chi connectivity index (χ1n) is 8.39. The molecule has 3 rings (SSSR count). The highest BCUT2D eigenvalue weighted by Crippen LogP contribution is 2.28. The molecule has 1 aliphatic rings. The Balaban J connectivity index is 1.59. The van der Waals surface area contributed by atoms with E-state index in [0.29, 0.717) is 18.7 Å². The van der Waals surface area contributed by atoms with E-state index in [4.69, 9.17) is 4.74 Å². The van der Waals surface area contributed by atoms with E-state index in [1.54, 1.807) is 7.11 Å². The molecule has 1 unspecified atom stereocenters. The highest BCUT2D eigenvalue weighted by molar-refractivity contribution is 5.94. The van der Waals surface area contributed by atoms with Crippen LogP contribution in [0.3, 0.4) is 0 Å². The molecule has 0 radical (unpaired) electrons. The van der Waals surface area contributed by atoms with E-state index in [-0.39, 0.29) is 11.9 Å². The van der Waals surface area contributed by atoms with Gasteiger partial charge in [-0.1, -0.05) is 30.3 Å². The maximum atomic E-state index is 12.4. The second-order valence-corrected chi connectivity index (χ2v) is 6.26. The summed E-state index contributed by atoms with van der Waals surface area (Å²) in [5.41, 5.74) is 4.37. The molecule has 2 aromatic carbocycles. The number of anilines is 1. The number of hydrogen-bond acceptors (Lipinski definition) is 3. The standard InChI is InChI=1S/C20H24N2O2/c1-15(22-11-10-17-7-3-4-9-19(17)22)13-21-20(23)18-8-5-6-16(12-18)14-24-2/h3-9,12,15H,10-11,13-14H2,1-2H3,(H,21,23). The number of amides is 1. The number of rotatable bonds is 6. The molecule has 1 amide bonds. The van der Waals surface area contributed by atoms with Gasteiger partial charge in [-0.05, 0) is 42.7 Å². The van der Waals surface area contributed by atoms with E-state index >= 15 is 0 Å². The smallest absolute Gasteiger partial charge is 0.251 e. The average Bonchev–Trinajstić information content (AvgIpc) is 3.04. The van der Waals surface area contributed by atoms with Gasteiger partial charge in [-0.2, -0.15) is 0 Å². The van der Waals surface area contributed by atoms with Crippen LogP contribution in [-0.2, 0) is 17.8 Å². The Hall–Kier alpha value is -2.33. The number of para-hydroxylation sites is 1. The predicted octanol–water partition coefficient (Wildman–Crippen LogP) is 3.01. The molecule has 0 aromatic heterocycles. The van der Waals surface area contributed by atoms with Crippen LogP contribution in [0.5, 0.6) is 0 Å². The van der Waals surface area contributed by atoms with Crippen molar-refractivity contribution in [2.24, 2.45) is 0 Å². The lowest BCUT2D eigenvalue weighted by atomic mass is 10.1. The lowest BCUT2D eigenvalue weighted by Gasteiger charge is -2.27. The van der Waals surface area contributed by atoms with Crippen molar-refractivity contribution < 1.29 is 9.53 Å². The van der Waals surface area contributed by atoms with Crippen molar-refractivity contribution in [2.45, 2.75) is 26.0 Å². The number of nitrogens with zero attached hydrogens (tertiary/aromatic N) is 1. The largest absolute Gasteiger partial charge is 0.380 e. The van der Waals surface area contributed by atoms with Crippen molar-refractivity contribution in [1.29, 1.82) is 0 Å². The Kier molecular flexibility index (Phi) is 5.16. The third-order valence-corrected chi connectivity index (χ3v) is 4.51. The topological polar surface area (TPSA) is 41.6 Å². The molecular formula is C20H24N2O2. The Morgan fingerprint density at radius 3 is 2.92 bits per heavy atom. The number of methoxy groups -OCH3 is 1. The number of hydrogen-bond donors (Lipinski definition) is 1. The summed E-state index contributed by atoms with van der Waals surface area (Å²) in [6.45, 7) is 4.31. The minimum Gasteiger partial charge on any atom is -0.380 e. The molecule has 0 fully saturated rings. The predicted molar refractivity (Wildman–Crippen MR) is 96.4 cm³/mol. The van der Waals surface area contributed by atoms with Gasteiger partial charge in [-0.25, -0.2) is 0 Å². The molecule has 4 nitrogen and oxygen atoms in total. The molecule has 0 spiro atoms. The fraction of sp³-hybridized carbons (Fsp3) is 0.350. The fourth-order valence-electron chi connectivity index (χ4n) is 3.24. The fourth-order valence-corrected chi connectivity index (χ4v) is 3.24. The van der Waals surface area contributed by atoms with Gasteiger partial charge < -0.3 is 15.0 Å². The first-order valence-corrected chi connectivity index (χ1v) is 8.39. The second-order valence-electron chi connectivity index (χ2n) is 6.26. The summed E-state index contributed by atoms with van der Waals surface area (Å²) in [6, 6.07) is 16.3. The van der Waals surface area contributed by atoms with E-state index < -0.39 is 0 Å². The van der Waals surface area contributed by atoms with Crippen molar-refractivity contribution in [3.8, 4) is 0 Å². The summed E-state index contributed by atoms with van der Waals surface area (Å²) in [4.78, 5) is 14.8. The zero-order valence-electron chi connectivity index (χ0n) is 14.3. The zero-order valence-corrected chi connectivity index (χ0v) is 14.3. The minimum atomic E-state index is -0.0349. The molecule has 24 heavy (non-hydrogen) atoms. The van der Waals surface area contributed by atoms with Gasteiger partial charge in [0.15, 0.2) is 0 Å². The quantitative estimate of drug-likeness (QED) is 0.888. The summed E-state index contributed by atoms with van der Waals surface area (Å²) in [7, 11) is 1.66. The number of carbonyl (C=O) groups is 1. The Bertz CT molecular complexity index is 714. The first kappa shape index (κ1) is 16.5. The normalized spacial score (nSPS) is 14.3. The highest BCUT2D eigenvalue weighted by Gasteiger charge is 2.23. The Morgan fingerprint density at radius 1 is 1.25 bits per heavy atom. The summed E-state index contributed by atoms with van der Waals surface area (Å²) in [5.74, 6) is -0.0349. The first-order chi connectivity index (χ1) is 11.7. The minimum absolute atomic E-state index is 0.0349. The molecule has 0 saturated heterocycles. The maximum Gasteiger partial charge on any atom is 0.251 e. The summed E-state index contributed by atoms with van der Waals surface area (Å²) < 4.78 is 5.12. The van der Waals surface area contributed by atoms with Crippen LogP contribution >= 0.6 is 0 Å². The molecule has 4 heteroatoms. The van der Waals surface area contributed by atoms with Crippen molar-refractivity contribution in [3.63, 3.8) is 0 Å². The van der Waals surface area contributed by atoms with Crippen LogP contribution in [0.1, 0.15) is 28.4 Å². The van der Waals surface area contributed by atoms with E-state index in [0.717, 1.165) is 18.5 Å². The molecule has 0 aliphatic carbocycles. The van der Waals surface area contributed by atoms with Gasteiger partial charge in [0.2, 0.25) is 0 Å². The SMILES string of the molecule is COCc1cccc(C(=O)NCC(C)N2CCc3ccccc32)c1. The Morgan fingerprint density at radius 2 is 2.08 bits per heavy atom. The van der Waals surface area contributed by atoms with Crippen LogP contribution in [0.25, 0.3) is 0 Å². The number of benzene rings is 2. The Labute approximate surface area is 143 Å². The second kappa shape index (κ2) is 7.49. The van der Waals surface area contributed by atoms with Gasteiger partial charge in [-0.15, -0.1) is 0 Å². The molecule has 1 N–H and O–H groups in total. The number of carbonyl (C=O) groups excluding carboxylic acids is 1. The average molecular weight is 324 g/mol. The van der Waals surface area contributed by atoms with E-state index in [1.807, 2.05) is 24.3 Å². The molecule has 126 valence electrons. The third kappa shape index (κ3) is 3.60. The molecule has 0 bridgehead atoms. The van der Waals surface area contributed by atoms with Crippen molar-refractivity contribution in [1.82, 2.24) is 5.32 Å². The maximum absolute atomic E-state index is 12.4. The van der Waals surface area contributed by atoms with Crippen molar-refractivity contribution in [3.05, 3.63) is 65.2 Å². The summed E-state index contributed by atoms with van der Waals surface area (Å²) in [6.07, 6.45) is 1.08. The molecular weight excluding hydrogens is 300 g/mol. The lowest BCUT2D eigenvalue weighted by molar-refractivity contribution is 0.0951. The highest BCUT2D eigenvalue weighted by atomic mass is 16.5. The van der Waals surface area contributed by atoms with E-state index in [1.165, 1.54) is 11.3 Å². The van der Waals surface area contributed by atoms with Gasteiger partial charge >= 0.3 is 0 Å². The van der Waals surface area contributed by atoms with Gasteiger partial charge in [-0.3, -0.25) is 4.79 Å². The lowest BCUT2D eigenvalue weighted by Crippen LogP contribution is -2.41. The van der Waals surface area contributed by atoms with Crippen LogP contribution in [0.2, 0.25) is 0 Å². The van der Waals surface area contributed by atoms with Crippen LogP contribution in [0.15, 0.2) is 48.5 Å². The molecule has 1 atom stereocenters. The third-order valence-electron chi connectivity index (χ3n) is 4.51. The monoisotopic (exact) mass is 324 g/mol. The van der Waals surface area contributed by atoms with Crippen molar-refractivity contribution in [2.75, 3.05) is 25.1 Å². The van der Waals surface area contributed by atoms with E-state index in [2.05, 4.69) is 41.4 Å². The van der Waals surface area contributed by atoms with Crippen LogP contribution in [-0.4, -0.2) is 32.1 Å². The van der Waals surface area contributed by atoms with Gasteiger partial charge in [0, 0.05) is 37.5 Å². The van der Waals surface area contributed by atoms with Crippen LogP contribution < -0.4 is 10.2 Å². The molecule has 1 aliphatic heterocycles. The number of ether oxygens (including phenoxy) is 1. The number of nitrogens with one attached hydrogen (secondary N) is 1. The summed E-state index contributed by atoms with van der Waals surface area (Å²) in [5, 5.41) is 3.05. The number of fused-ring (bicyclic) bond motifs is 1. The molecule has 1 heterocycles.